The molecule has 0 atom stereocenters. The maximum Gasteiger partial charge on any atom is 0.490 e. The van der Waals surface area contributed by atoms with Crippen molar-refractivity contribution >= 4 is 5.97 Å². The molecule has 142 valence electrons. The zero-order valence-electron chi connectivity index (χ0n) is 13.9. The minimum atomic E-state index is -5.08. The third-order valence-corrected chi connectivity index (χ3v) is 3.71. The lowest BCUT2D eigenvalue weighted by Gasteiger charge is -2.18. The lowest BCUT2D eigenvalue weighted by atomic mass is 9.98. The maximum absolute atomic E-state index is 10.6. The molecule has 1 aliphatic rings. The highest BCUT2D eigenvalue weighted by atomic mass is 19.4. The topological polar surface area (TPSA) is 97.5 Å². The van der Waals surface area contributed by atoms with Gasteiger partial charge in [0.15, 0.2) is 0 Å². The summed E-state index contributed by atoms with van der Waals surface area (Å²) in [5.41, 5.74) is 0.925. The number of hydrogen-bond donors (Lipinski definition) is 2. The number of nitrogens with zero attached hydrogens (tertiary/aromatic N) is 2. The molecule has 1 aromatic heterocycles. The molecule has 1 aliphatic heterocycles. The molecule has 0 amide bonds. The molecule has 2 N–H and O–H groups in total. The lowest BCUT2D eigenvalue weighted by Crippen LogP contribution is -2.26. The van der Waals surface area contributed by atoms with E-state index in [2.05, 4.69) is 15.5 Å². The van der Waals surface area contributed by atoms with Crippen LogP contribution in [0.15, 0.2) is 28.7 Å². The van der Waals surface area contributed by atoms with Gasteiger partial charge < -0.3 is 19.6 Å². The standard InChI is InChI=1S/C14H17N3O2.C2HF3O2/c1-18-12-4-2-10(3-5-12)13-16-17-14(19-13)11-6-8-15-9-7-11;3-2(4,5)1(6)7/h2-5,11,15H,6-9H2,1H3;(H,6,7). The van der Waals surface area contributed by atoms with E-state index in [1.54, 1.807) is 7.11 Å². The summed E-state index contributed by atoms with van der Waals surface area (Å²) in [6, 6.07) is 7.64. The number of aliphatic carboxylic acids is 1. The average molecular weight is 373 g/mol. The van der Waals surface area contributed by atoms with Crippen LogP contribution in [-0.2, 0) is 4.79 Å². The Morgan fingerprint density at radius 3 is 2.31 bits per heavy atom. The third kappa shape index (κ3) is 5.45. The number of piperidine rings is 1. The van der Waals surface area contributed by atoms with Gasteiger partial charge in [0.05, 0.1) is 7.11 Å². The minimum Gasteiger partial charge on any atom is -0.497 e. The normalized spacial score (nSPS) is 15.1. The number of carboxylic acid groups (broad SMARTS) is 1. The first-order valence-corrected chi connectivity index (χ1v) is 7.80. The van der Waals surface area contributed by atoms with E-state index in [0.29, 0.717) is 11.8 Å². The number of ether oxygens (including phenoxy) is 1. The predicted octanol–water partition coefficient (Wildman–Crippen LogP) is 2.85. The third-order valence-electron chi connectivity index (χ3n) is 3.71. The number of benzene rings is 1. The highest BCUT2D eigenvalue weighted by Gasteiger charge is 2.38. The van der Waals surface area contributed by atoms with Crippen molar-refractivity contribution in [3.8, 4) is 17.2 Å². The Labute approximate surface area is 147 Å². The smallest absolute Gasteiger partial charge is 0.490 e. The fourth-order valence-electron chi connectivity index (χ4n) is 2.32. The number of halogens is 3. The number of aromatic nitrogens is 2. The first-order valence-electron chi connectivity index (χ1n) is 7.80. The summed E-state index contributed by atoms with van der Waals surface area (Å²) in [6.45, 7) is 2.04. The molecule has 0 saturated carbocycles. The number of carbonyl (C=O) groups is 1. The fraction of sp³-hybridized carbons (Fsp3) is 0.438. The van der Waals surface area contributed by atoms with Crippen molar-refractivity contribution in [2.24, 2.45) is 0 Å². The molecule has 0 unspecified atom stereocenters. The zero-order chi connectivity index (χ0) is 19.2. The van der Waals surface area contributed by atoms with Gasteiger partial charge in [-0.2, -0.15) is 13.2 Å². The molecular weight excluding hydrogens is 355 g/mol. The number of methoxy groups -OCH3 is 1. The molecule has 1 fully saturated rings. The molecule has 2 heterocycles. The summed E-state index contributed by atoms with van der Waals surface area (Å²) >= 11 is 0. The fourth-order valence-corrected chi connectivity index (χ4v) is 2.32. The van der Waals surface area contributed by atoms with Crippen LogP contribution in [0.25, 0.3) is 11.5 Å². The Morgan fingerprint density at radius 1 is 1.23 bits per heavy atom. The number of hydrogen-bond acceptors (Lipinski definition) is 6. The molecular formula is C16H18F3N3O4. The molecule has 2 aromatic rings. The first kappa shape index (κ1) is 19.7. The van der Waals surface area contributed by atoms with Crippen LogP contribution in [0.4, 0.5) is 13.2 Å². The minimum absolute atomic E-state index is 0.390. The van der Waals surface area contributed by atoms with E-state index >= 15 is 0 Å². The summed E-state index contributed by atoms with van der Waals surface area (Å²) in [7, 11) is 1.65. The van der Waals surface area contributed by atoms with Crippen LogP contribution in [0.2, 0.25) is 0 Å². The van der Waals surface area contributed by atoms with Gasteiger partial charge in [0.1, 0.15) is 5.75 Å². The molecule has 1 saturated heterocycles. The summed E-state index contributed by atoms with van der Waals surface area (Å²) in [4.78, 5) is 8.90. The van der Waals surface area contributed by atoms with E-state index in [9.17, 15) is 13.2 Å². The van der Waals surface area contributed by atoms with Crippen molar-refractivity contribution in [2.45, 2.75) is 24.9 Å². The van der Waals surface area contributed by atoms with Gasteiger partial charge in [-0.3, -0.25) is 0 Å². The van der Waals surface area contributed by atoms with Crippen LogP contribution >= 0.6 is 0 Å². The van der Waals surface area contributed by atoms with Crippen molar-refractivity contribution in [3.05, 3.63) is 30.2 Å². The van der Waals surface area contributed by atoms with Gasteiger partial charge >= 0.3 is 12.1 Å². The summed E-state index contributed by atoms with van der Waals surface area (Å²) in [5.74, 6) is -0.210. The molecule has 10 heteroatoms. The van der Waals surface area contributed by atoms with Crippen LogP contribution in [0.1, 0.15) is 24.7 Å². The zero-order valence-corrected chi connectivity index (χ0v) is 13.9. The molecule has 0 bridgehead atoms. The van der Waals surface area contributed by atoms with Crippen LogP contribution in [0.5, 0.6) is 5.75 Å². The van der Waals surface area contributed by atoms with Crippen molar-refractivity contribution in [1.29, 1.82) is 0 Å². The van der Waals surface area contributed by atoms with Crippen molar-refractivity contribution < 1.29 is 32.2 Å². The second-order valence-electron chi connectivity index (χ2n) is 5.50. The Kier molecular flexibility index (Phi) is 6.56. The number of nitrogens with one attached hydrogen (secondary N) is 1. The second kappa shape index (κ2) is 8.65. The second-order valence-corrected chi connectivity index (χ2v) is 5.50. The number of rotatable bonds is 3. The number of alkyl halides is 3. The van der Waals surface area contributed by atoms with Crippen molar-refractivity contribution in [2.75, 3.05) is 20.2 Å². The summed E-state index contributed by atoms with van der Waals surface area (Å²) in [5, 5.41) is 18.8. The van der Waals surface area contributed by atoms with Crippen molar-refractivity contribution in [1.82, 2.24) is 15.5 Å². The Hall–Kier alpha value is -2.62. The average Bonchev–Trinajstić information content (AvgIpc) is 3.12. The number of carboxylic acids is 1. The van der Waals surface area contributed by atoms with Gasteiger partial charge in [0, 0.05) is 11.5 Å². The van der Waals surface area contributed by atoms with E-state index in [4.69, 9.17) is 19.1 Å². The Morgan fingerprint density at radius 2 is 1.81 bits per heavy atom. The highest BCUT2D eigenvalue weighted by molar-refractivity contribution is 5.73. The van der Waals surface area contributed by atoms with E-state index in [0.717, 1.165) is 43.1 Å². The Bertz CT molecular complexity index is 710. The van der Waals surface area contributed by atoms with E-state index in [1.165, 1.54) is 0 Å². The van der Waals surface area contributed by atoms with Gasteiger partial charge in [-0.15, -0.1) is 10.2 Å². The largest absolute Gasteiger partial charge is 0.497 e. The van der Waals surface area contributed by atoms with Gasteiger partial charge in [-0.25, -0.2) is 4.79 Å². The molecule has 1 aromatic carbocycles. The van der Waals surface area contributed by atoms with Gasteiger partial charge in [0.25, 0.3) is 0 Å². The monoisotopic (exact) mass is 373 g/mol. The van der Waals surface area contributed by atoms with E-state index in [-0.39, 0.29) is 0 Å². The van der Waals surface area contributed by atoms with Gasteiger partial charge in [-0.1, -0.05) is 0 Å². The molecule has 0 aliphatic carbocycles. The van der Waals surface area contributed by atoms with Gasteiger partial charge in [0.2, 0.25) is 11.8 Å². The maximum atomic E-state index is 10.6. The van der Waals surface area contributed by atoms with Crippen LogP contribution in [0, 0.1) is 0 Å². The SMILES string of the molecule is COc1ccc(-c2nnc(C3CCNCC3)o2)cc1.O=C(O)C(F)(F)F. The van der Waals surface area contributed by atoms with Crippen LogP contribution in [0.3, 0.4) is 0 Å². The molecule has 3 rings (SSSR count). The molecule has 0 spiro atoms. The lowest BCUT2D eigenvalue weighted by molar-refractivity contribution is -0.192. The first-order chi connectivity index (χ1) is 12.3. The van der Waals surface area contributed by atoms with Crippen LogP contribution < -0.4 is 10.1 Å². The summed E-state index contributed by atoms with van der Waals surface area (Å²) < 4.78 is 42.7. The molecule has 26 heavy (non-hydrogen) atoms. The van der Waals surface area contributed by atoms with Crippen LogP contribution in [-0.4, -0.2) is 47.6 Å². The van der Waals surface area contributed by atoms with E-state index < -0.39 is 12.1 Å². The van der Waals surface area contributed by atoms with E-state index in [1.807, 2.05) is 24.3 Å². The highest BCUT2D eigenvalue weighted by Crippen LogP contribution is 2.27. The Balaban J connectivity index is 0.000000298. The predicted molar refractivity (Wildman–Crippen MR) is 84.8 cm³/mol. The van der Waals surface area contributed by atoms with Gasteiger partial charge in [-0.05, 0) is 50.2 Å². The summed E-state index contributed by atoms with van der Waals surface area (Å²) in [6.07, 6.45) is -2.96. The quantitative estimate of drug-likeness (QED) is 0.854. The molecule has 7 nitrogen and oxygen atoms in total. The molecule has 0 radical (unpaired) electrons. The van der Waals surface area contributed by atoms with Crippen molar-refractivity contribution in [3.63, 3.8) is 0 Å².